The quantitative estimate of drug-likeness (QED) is 0.763. The number of hydrogen-bond donors (Lipinski definition) is 1. The van der Waals surface area contributed by atoms with Crippen LogP contribution in [-0.4, -0.2) is 27.8 Å². The Morgan fingerprint density at radius 2 is 2.07 bits per heavy atom. The van der Waals surface area contributed by atoms with Crippen molar-refractivity contribution < 1.29 is 0 Å². The Morgan fingerprint density at radius 1 is 1.36 bits per heavy atom. The van der Waals surface area contributed by atoms with Crippen molar-refractivity contribution >= 4 is 5.82 Å². The number of rotatable bonds is 2. The van der Waals surface area contributed by atoms with E-state index in [0.717, 1.165) is 18.1 Å². The lowest BCUT2D eigenvalue weighted by Gasteiger charge is -2.25. The molecule has 1 aromatic rings. The van der Waals surface area contributed by atoms with Crippen molar-refractivity contribution in [3.8, 4) is 0 Å². The molecule has 2 heterocycles. The van der Waals surface area contributed by atoms with Crippen LogP contribution in [0.15, 0.2) is 6.07 Å². The van der Waals surface area contributed by atoms with Crippen molar-refractivity contribution in [3.63, 3.8) is 0 Å². The summed E-state index contributed by atoms with van der Waals surface area (Å²) in [4.78, 5) is 2.45. The molecule has 0 spiro atoms. The zero-order valence-electron chi connectivity index (χ0n) is 8.74. The van der Waals surface area contributed by atoms with Gasteiger partial charge in [0.15, 0.2) is 0 Å². The molecule has 4 heteroatoms. The zero-order valence-corrected chi connectivity index (χ0v) is 8.74. The van der Waals surface area contributed by atoms with Gasteiger partial charge in [-0.2, -0.15) is 5.10 Å². The van der Waals surface area contributed by atoms with E-state index in [-0.39, 0.29) is 0 Å². The van der Waals surface area contributed by atoms with Gasteiger partial charge in [-0.05, 0) is 25.9 Å². The van der Waals surface area contributed by atoms with Gasteiger partial charge in [0.2, 0.25) is 0 Å². The Balaban J connectivity index is 1.95. The SMILES string of the molecule is Cn1nc(CN2CCCCC2)cc1N. The van der Waals surface area contributed by atoms with E-state index in [0.29, 0.717) is 0 Å². The highest BCUT2D eigenvalue weighted by Gasteiger charge is 2.12. The van der Waals surface area contributed by atoms with Crippen LogP contribution in [0.1, 0.15) is 25.0 Å². The first kappa shape index (κ1) is 9.52. The molecule has 0 saturated carbocycles. The maximum Gasteiger partial charge on any atom is 0.121 e. The first-order chi connectivity index (χ1) is 6.75. The summed E-state index contributed by atoms with van der Waals surface area (Å²) in [6.45, 7) is 3.36. The number of aryl methyl sites for hydroxylation is 1. The van der Waals surface area contributed by atoms with Crippen LogP contribution in [-0.2, 0) is 13.6 Å². The number of aromatic nitrogens is 2. The molecule has 1 saturated heterocycles. The largest absolute Gasteiger partial charge is 0.384 e. The van der Waals surface area contributed by atoms with Crippen LogP contribution < -0.4 is 5.73 Å². The number of hydrogen-bond acceptors (Lipinski definition) is 3. The monoisotopic (exact) mass is 194 g/mol. The third kappa shape index (κ3) is 2.07. The summed E-state index contributed by atoms with van der Waals surface area (Å²) >= 11 is 0. The fourth-order valence-corrected chi connectivity index (χ4v) is 1.97. The first-order valence-electron chi connectivity index (χ1n) is 5.26. The van der Waals surface area contributed by atoms with Gasteiger partial charge in [0.1, 0.15) is 5.82 Å². The van der Waals surface area contributed by atoms with Crippen LogP contribution in [0.3, 0.4) is 0 Å². The second kappa shape index (κ2) is 4.00. The predicted octanol–water partition coefficient (Wildman–Crippen LogP) is 0.988. The van der Waals surface area contributed by atoms with Gasteiger partial charge in [-0.3, -0.25) is 9.58 Å². The highest BCUT2D eigenvalue weighted by atomic mass is 15.3. The molecule has 1 aliphatic rings. The van der Waals surface area contributed by atoms with E-state index in [9.17, 15) is 0 Å². The maximum absolute atomic E-state index is 5.73. The van der Waals surface area contributed by atoms with E-state index in [1.165, 1.54) is 32.4 Å². The summed E-state index contributed by atoms with van der Waals surface area (Å²) in [5.74, 6) is 0.747. The van der Waals surface area contributed by atoms with E-state index < -0.39 is 0 Å². The second-order valence-corrected chi connectivity index (χ2v) is 4.02. The summed E-state index contributed by atoms with van der Waals surface area (Å²) in [5.41, 5.74) is 6.82. The Hall–Kier alpha value is -1.03. The summed E-state index contributed by atoms with van der Waals surface area (Å²) in [6, 6.07) is 1.97. The Labute approximate surface area is 84.7 Å². The van der Waals surface area contributed by atoms with E-state index in [2.05, 4.69) is 10.00 Å². The molecule has 4 nitrogen and oxygen atoms in total. The Kier molecular flexibility index (Phi) is 2.72. The summed E-state index contributed by atoms with van der Waals surface area (Å²) in [6.07, 6.45) is 4.02. The lowest BCUT2D eigenvalue weighted by Crippen LogP contribution is -2.29. The van der Waals surface area contributed by atoms with E-state index in [4.69, 9.17) is 5.73 Å². The highest BCUT2D eigenvalue weighted by molar-refractivity contribution is 5.30. The minimum atomic E-state index is 0.747. The van der Waals surface area contributed by atoms with Crippen molar-refractivity contribution in [1.29, 1.82) is 0 Å². The van der Waals surface area contributed by atoms with Gasteiger partial charge in [0, 0.05) is 19.7 Å². The summed E-state index contributed by atoms with van der Waals surface area (Å²) in [7, 11) is 1.88. The van der Waals surface area contributed by atoms with Gasteiger partial charge in [0.25, 0.3) is 0 Å². The van der Waals surface area contributed by atoms with Crippen LogP contribution in [0.5, 0.6) is 0 Å². The van der Waals surface area contributed by atoms with Gasteiger partial charge in [-0.25, -0.2) is 0 Å². The molecule has 0 bridgehead atoms. The van der Waals surface area contributed by atoms with Gasteiger partial charge in [0.05, 0.1) is 5.69 Å². The van der Waals surface area contributed by atoms with Gasteiger partial charge < -0.3 is 5.73 Å². The molecule has 14 heavy (non-hydrogen) atoms. The molecule has 0 atom stereocenters. The average molecular weight is 194 g/mol. The third-order valence-corrected chi connectivity index (χ3v) is 2.80. The smallest absolute Gasteiger partial charge is 0.121 e. The Bertz CT molecular complexity index is 280. The normalized spacial score (nSPS) is 18.6. The van der Waals surface area contributed by atoms with Crippen LogP contribution >= 0.6 is 0 Å². The standard InChI is InChI=1S/C10H18N4/c1-13-10(11)7-9(12-13)8-14-5-3-2-4-6-14/h7H,2-6,8,11H2,1H3. The number of anilines is 1. The fourth-order valence-electron chi connectivity index (χ4n) is 1.97. The molecule has 1 aliphatic heterocycles. The second-order valence-electron chi connectivity index (χ2n) is 4.02. The van der Waals surface area contributed by atoms with Crippen molar-refractivity contribution in [1.82, 2.24) is 14.7 Å². The van der Waals surface area contributed by atoms with Crippen LogP contribution in [0.2, 0.25) is 0 Å². The number of piperidine rings is 1. The van der Waals surface area contributed by atoms with Crippen molar-refractivity contribution in [2.75, 3.05) is 18.8 Å². The first-order valence-corrected chi connectivity index (χ1v) is 5.26. The highest BCUT2D eigenvalue weighted by Crippen LogP contribution is 2.13. The molecule has 78 valence electrons. The molecule has 0 radical (unpaired) electrons. The molecule has 0 unspecified atom stereocenters. The molecule has 0 aliphatic carbocycles. The molecule has 1 fully saturated rings. The zero-order chi connectivity index (χ0) is 9.97. The van der Waals surface area contributed by atoms with E-state index in [1.54, 1.807) is 4.68 Å². The molecule has 2 rings (SSSR count). The van der Waals surface area contributed by atoms with Crippen molar-refractivity contribution in [3.05, 3.63) is 11.8 Å². The van der Waals surface area contributed by atoms with E-state index >= 15 is 0 Å². The lowest BCUT2D eigenvalue weighted by molar-refractivity contribution is 0.218. The van der Waals surface area contributed by atoms with Gasteiger partial charge in [-0.15, -0.1) is 0 Å². The topological polar surface area (TPSA) is 47.1 Å². The third-order valence-electron chi connectivity index (χ3n) is 2.80. The Morgan fingerprint density at radius 3 is 2.64 bits per heavy atom. The van der Waals surface area contributed by atoms with Gasteiger partial charge in [-0.1, -0.05) is 6.42 Å². The maximum atomic E-state index is 5.73. The number of nitrogen functional groups attached to an aromatic ring is 1. The lowest BCUT2D eigenvalue weighted by atomic mass is 10.1. The summed E-state index contributed by atoms with van der Waals surface area (Å²) in [5, 5.41) is 4.35. The molecule has 1 aromatic heterocycles. The van der Waals surface area contributed by atoms with Crippen LogP contribution in [0.4, 0.5) is 5.82 Å². The molecule has 0 amide bonds. The van der Waals surface area contributed by atoms with E-state index in [1.807, 2.05) is 13.1 Å². The number of nitrogens with zero attached hydrogens (tertiary/aromatic N) is 3. The summed E-state index contributed by atoms with van der Waals surface area (Å²) < 4.78 is 1.74. The van der Waals surface area contributed by atoms with Gasteiger partial charge >= 0.3 is 0 Å². The fraction of sp³-hybridized carbons (Fsp3) is 0.700. The number of nitrogens with two attached hydrogens (primary N) is 1. The molecule has 0 aromatic carbocycles. The van der Waals surface area contributed by atoms with Crippen molar-refractivity contribution in [2.24, 2.45) is 7.05 Å². The van der Waals surface area contributed by atoms with Crippen LogP contribution in [0.25, 0.3) is 0 Å². The molecule has 2 N–H and O–H groups in total. The number of likely N-dealkylation sites (tertiary alicyclic amines) is 1. The van der Waals surface area contributed by atoms with Crippen LogP contribution in [0, 0.1) is 0 Å². The minimum Gasteiger partial charge on any atom is -0.384 e. The van der Waals surface area contributed by atoms with Crippen molar-refractivity contribution in [2.45, 2.75) is 25.8 Å². The predicted molar refractivity (Wildman–Crippen MR) is 56.7 cm³/mol. The minimum absolute atomic E-state index is 0.747. The molecular formula is C10H18N4. The molecular weight excluding hydrogens is 176 g/mol. The average Bonchev–Trinajstić information content (AvgIpc) is 2.47.